The van der Waals surface area contributed by atoms with Crippen molar-refractivity contribution in [1.82, 2.24) is 5.32 Å². The summed E-state index contributed by atoms with van der Waals surface area (Å²) in [6, 6.07) is 8.30. The predicted octanol–water partition coefficient (Wildman–Crippen LogP) is 2.56. The van der Waals surface area contributed by atoms with Crippen molar-refractivity contribution in [3.05, 3.63) is 35.4 Å². The van der Waals surface area contributed by atoms with Crippen LogP contribution in [-0.2, 0) is 11.2 Å². The van der Waals surface area contributed by atoms with Crippen LogP contribution in [0.15, 0.2) is 24.3 Å². The first-order valence-corrected chi connectivity index (χ1v) is 7.06. The summed E-state index contributed by atoms with van der Waals surface area (Å²) in [6.07, 6.45) is 3.04. The van der Waals surface area contributed by atoms with Crippen LogP contribution in [0.25, 0.3) is 0 Å². The number of nitrogens with one attached hydrogen (secondary N) is 1. The van der Waals surface area contributed by atoms with Gasteiger partial charge < -0.3 is 11.1 Å². The third-order valence-corrected chi connectivity index (χ3v) is 3.64. The van der Waals surface area contributed by atoms with E-state index in [1.807, 2.05) is 6.07 Å². The van der Waals surface area contributed by atoms with Crippen LogP contribution in [0, 0.1) is 6.92 Å². The molecule has 0 fully saturated rings. The van der Waals surface area contributed by atoms with E-state index in [-0.39, 0.29) is 11.4 Å². The van der Waals surface area contributed by atoms with Crippen molar-refractivity contribution in [1.29, 1.82) is 0 Å². The van der Waals surface area contributed by atoms with Crippen molar-refractivity contribution < 1.29 is 4.79 Å². The number of hydrogen-bond donors (Lipinski definition) is 2. The van der Waals surface area contributed by atoms with Gasteiger partial charge in [0.25, 0.3) is 0 Å². The molecule has 106 valence electrons. The summed E-state index contributed by atoms with van der Waals surface area (Å²) in [5.74, 6) is 0.110. The first-order chi connectivity index (χ1) is 8.99. The molecule has 3 heteroatoms. The summed E-state index contributed by atoms with van der Waals surface area (Å²) >= 11 is 0. The highest BCUT2D eigenvalue weighted by atomic mass is 16.1. The fraction of sp³-hybridized carbons (Fsp3) is 0.562. The molecule has 1 aromatic carbocycles. The van der Waals surface area contributed by atoms with Gasteiger partial charge in [0, 0.05) is 12.0 Å². The number of carbonyl (C=O) groups is 1. The zero-order valence-electron chi connectivity index (χ0n) is 12.3. The Morgan fingerprint density at radius 2 is 2.16 bits per heavy atom. The van der Waals surface area contributed by atoms with Crippen LogP contribution in [0.2, 0.25) is 0 Å². The average molecular weight is 262 g/mol. The Bertz CT molecular complexity index is 417. The van der Waals surface area contributed by atoms with Gasteiger partial charge in [-0.3, -0.25) is 4.79 Å². The minimum Gasteiger partial charge on any atom is -0.351 e. The zero-order valence-corrected chi connectivity index (χ0v) is 12.3. The second-order valence-electron chi connectivity index (χ2n) is 5.49. The van der Waals surface area contributed by atoms with E-state index in [1.165, 1.54) is 11.1 Å². The molecular formula is C16H26N2O. The number of benzene rings is 1. The van der Waals surface area contributed by atoms with Gasteiger partial charge in [0.2, 0.25) is 5.91 Å². The number of nitrogens with two attached hydrogens (primary N) is 1. The lowest BCUT2D eigenvalue weighted by molar-refractivity contribution is -0.122. The second-order valence-corrected chi connectivity index (χ2v) is 5.49. The minimum absolute atomic E-state index is 0.110. The fourth-order valence-electron chi connectivity index (χ4n) is 2.17. The maximum Gasteiger partial charge on any atom is 0.220 e. The number of amides is 1. The quantitative estimate of drug-likeness (QED) is 0.793. The van der Waals surface area contributed by atoms with E-state index in [2.05, 4.69) is 44.3 Å². The van der Waals surface area contributed by atoms with Gasteiger partial charge in [0.1, 0.15) is 0 Å². The fourth-order valence-corrected chi connectivity index (χ4v) is 2.17. The molecule has 0 heterocycles. The summed E-state index contributed by atoms with van der Waals surface area (Å²) in [5.41, 5.74) is 7.88. The summed E-state index contributed by atoms with van der Waals surface area (Å²) in [5, 5.41) is 3.11. The SMILES string of the molecule is CCC(C)(CCN)NC(=O)CCc1cccc(C)c1. The van der Waals surface area contributed by atoms with E-state index >= 15 is 0 Å². The highest BCUT2D eigenvalue weighted by Crippen LogP contribution is 2.14. The maximum absolute atomic E-state index is 12.0. The van der Waals surface area contributed by atoms with Gasteiger partial charge in [-0.25, -0.2) is 0 Å². The molecule has 0 saturated heterocycles. The van der Waals surface area contributed by atoms with Crippen LogP contribution in [0.5, 0.6) is 0 Å². The number of hydrogen-bond acceptors (Lipinski definition) is 2. The zero-order chi connectivity index (χ0) is 14.3. The van der Waals surface area contributed by atoms with Crippen molar-refractivity contribution in [2.75, 3.05) is 6.54 Å². The van der Waals surface area contributed by atoms with Gasteiger partial charge in [-0.2, -0.15) is 0 Å². The average Bonchev–Trinajstić information content (AvgIpc) is 2.37. The molecule has 0 aliphatic carbocycles. The van der Waals surface area contributed by atoms with Crippen molar-refractivity contribution in [3.63, 3.8) is 0 Å². The summed E-state index contributed by atoms with van der Waals surface area (Å²) < 4.78 is 0. The van der Waals surface area contributed by atoms with Gasteiger partial charge in [0.05, 0.1) is 0 Å². The lowest BCUT2D eigenvalue weighted by atomic mass is 9.94. The lowest BCUT2D eigenvalue weighted by Crippen LogP contribution is -2.46. The van der Waals surface area contributed by atoms with Gasteiger partial charge in [0.15, 0.2) is 0 Å². The van der Waals surface area contributed by atoms with Crippen LogP contribution >= 0.6 is 0 Å². The molecule has 3 N–H and O–H groups in total. The molecule has 1 aromatic rings. The third kappa shape index (κ3) is 5.43. The number of carbonyl (C=O) groups excluding carboxylic acids is 1. The number of aryl methyl sites for hydroxylation is 2. The molecule has 0 aromatic heterocycles. The van der Waals surface area contributed by atoms with E-state index in [4.69, 9.17) is 5.73 Å². The molecule has 0 saturated carbocycles. The van der Waals surface area contributed by atoms with Gasteiger partial charge >= 0.3 is 0 Å². The highest BCUT2D eigenvalue weighted by Gasteiger charge is 2.22. The molecule has 1 amide bonds. The molecule has 1 rings (SSSR count). The van der Waals surface area contributed by atoms with Crippen LogP contribution in [0.1, 0.15) is 44.2 Å². The molecule has 0 aliphatic heterocycles. The van der Waals surface area contributed by atoms with Crippen molar-refractivity contribution in [2.45, 2.75) is 52.0 Å². The predicted molar refractivity (Wildman–Crippen MR) is 80.0 cm³/mol. The Hall–Kier alpha value is -1.35. The normalized spacial score (nSPS) is 13.9. The number of rotatable bonds is 7. The Morgan fingerprint density at radius 1 is 1.42 bits per heavy atom. The molecule has 19 heavy (non-hydrogen) atoms. The van der Waals surface area contributed by atoms with Crippen LogP contribution in [-0.4, -0.2) is 18.0 Å². The minimum atomic E-state index is -0.168. The first kappa shape index (κ1) is 15.7. The molecule has 0 bridgehead atoms. The van der Waals surface area contributed by atoms with Gasteiger partial charge in [-0.1, -0.05) is 36.8 Å². The van der Waals surface area contributed by atoms with E-state index in [1.54, 1.807) is 0 Å². The van der Waals surface area contributed by atoms with Crippen LogP contribution in [0.3, 0.4) is 0 Å². The molecule has 0 aliphatic rings. The summed E-state index contributed by atoms with van der Waals surface area (Å²) in [4.78, 5) is 12.0. The van der Waals surface area contributed by atoms with E-state index in [9.17, 15) is 4.79 Å². The van der Waals surface area contributed by atoms with E-state index in [0.29, 0.717) is 13.0 Å². The largest absolute Gasteiger partial charge is 0.351 e. The summed E-state index contributed by atoms with van der Waals surface area (Å²) in [7, 11) is 0. The smallest absolute Gasteiger partial charge is 0.220 e. The Balaban J connectivity index is 2.47. The molecule has 1 unspecified atom stereocenters. The first-order valence-electron chi connectivity index (χ1n) is 7.06. The Labute approximate surface area is 116 Å². The van der Waals surface area contributed by atoms with Gasteiger partial charge in [-0.15, -0.1) is 0 Å². The van der Waals surface area contributed by atoms with Crippen molar-refractivity contribution in [2.24, 2.45) is 5.73 Å². The Morgan fingerprint density at radius 3 is 2.74 bits per heavy atom. The molecule has 3 nitrogen and oxygen atoms in total. The van der Waals surface area contributed by atoms with Crippen molar-refractivity contribution in [3.8, 4) is 0 Å². The lowest BCUT2D eigenvalue weighted by Gasteiger charge is -2.29. The summed E-state index contributed by atoms with van der Waals surface area (Å²) in [6.45, 7) is 6.81. The third-order valence-electron chi connectivity index (χ3n) is 3.64. The highest BCUT2D eigenvalue weighted by molar-refractivity contribution is 5.77. The van der Waals surface area contributed by atoms with Crippen LogP contribution < -0.4 is 11.1 Å². The van der Waals surface area contributed by atoms with Gasteiger partial charge in [-0.05, 0) is 45.2 Å². The monoisotopic (exact) mass is 262 g/mol. The molecular weight excluding hydrogens is 236 g/mol. The molecule has 1 atom stereocenters. The molecule has 0 spiro atoms. The second kappa shape index (κ2) is 7.29. The van der Waals surface area contributed by atoms with E-state index < -0.39 is 0 Å². The topological polar surface area (TPSA) is 55.1 Å². The Kier molecular flexibility index (Phi) is 6.03. The molecule has 0 radical (unpaired) electrons. The standard InChI is InChI=1S/C16H26N2O/c1-4-16(3,10-11-17)18-15(19)9-8-14-7-5-6-13(2)12-14/h5-7,12H,4,8-11,17H2,1-3H3,(H,18,19). The maximum atomic E-state index is 12.0. The van der Waals surface area contributed by atoms with Crippen LogP contribution in [0.4, 0.5) is 0 Å². The van der Waals surface area contributed by atoms with E-state index in [0.717, 1.165) is 19.3 Å². The van der Waals surface area contributed by atoms with Crippen molar-refractivity contribution >= 4 is 5.91 Å².